The van der Waals surface area contributed by atoms with E-state index >= 15 is 0 Å². The van der Waals surface area contributed by atoms with Crippen molar-refractivity contribution >= 4 is 6.29 Å². The largest absolute Gasteiger partial charge is 0.329 e. The van der Waals surface area contributed by atoms with E-state index < -0.39 is 0 Å². The van der Waals surface area contributed by atoms with E-state index in [9.17, 15) is 4.79 Å². The molecule has 1 aromatic heterocycles. The van der Waals surface area contributed by atoms with Gasteiger partial charge >= 0.3 is 0 Å². The molecule has 0 aliphatic heterocycles. The molecule has 3 nitrogen and oxygen atoms in total. The zero-order valence-electron chi connectivity index (χ0n) is 10.2. The summed E-state index contributed by atoms with van der Waals surface area (Å²) < 4.78 is 1.84. The normalized spacial score (nSPS) is 10.5. The van der Waals surface area contributed by atoms with Crippen LogP contribution in [-0.4, -0.2) is 15.8 Å². The van der Waals surface area contributed by atoms with Crippen molar-refractivity contribution in [2.75, 3.05) is 0 Å². The van der Waals surface area contributed by atoms with Crippen LogP contribution in [0, 0.1) is 6.92 Å². The van der Waals surface area contributed by atoms with Gasteiger partial charge in [0.15, 0.2) is 6.29 Å². The summed E-state index contributed by atoms with van der Waals surface area (Å²) in [7, 11) is 1.87. The van der Waals surface area contributed by atoms with Gasteiger partial charge in [0.2, 0.25) is 0 Å². The van der Waals surface area contributed by atoms with Gasteiger partial charge in [-0.2, -0.15) is 0 Å². The first-order valence-corrected chi connectivity index (χ1v) is 5.73. The maximum atomic E-state index is 11.0. The smallest absolute Gasteiger partial charge is 0.168 e. The predicted molar refractivity (Wildman–Crippen MR) is 67.2 cm³/mol. The third-order valence-electron chi connectivity index (χ3n) is 3.04. The fourth-order valence-corrected chi connectivity index (χ4v) is 1.93. The van der Waals surface area contributed by atoms with Crippen LogP contribution in [0.2, 0.25) is 0 Å². The van der Waals surface area contributed by atoms with Crippen LogP contribution in [0.25, 0.3) is 0 Å². The summed E-state index contributed by atoms with van der Waals surface area (Å²) in [5, 5.41) is 0. The Morgan fingerprint density at radius 1 is 1.24 bits per heavy atom. The molecule has 0 fully saturated rings. The highest BCUT2D eigenvalue weighted by molar-refractivity contribution is 5.74. The van der Waals surface area contributed by atoms with E-state index in [0.29, 0.717) is 5.69 Å². The van der Waals surface area contributed by atoms with E-state index in [4.69, 9.17) is 0 Å². The Kier molecular flexibility index (Phi) is 3.38. The van der Waals surface area contributed by atoms with Crippen molar-refractivity contribution in [2.24, 2.45) is 7.05 Å². The van der Waals surface area contributed by atoms with Crippen LogP contribution in [0.1, 0.15) is 27.6 Å². The average Bonchev–Trinajstić information content (AvgIpc) is 2.63. The third-order valence-corrected chi connectivity index (χ3v) is 3.04. The molecule has 0 bridgehead atoms. The second-order valence-electron chi connectivity index (χ2n) is 4.15. The molecule has 0 radical (unpaired) electrons. The van der Waals surface area contributed by atoms with Crippen molar-refractivity contribution in [3.8, 4) is 0 Å². The van der Waals surface area contributed by atoms with Crippen LogP contribution in [0.4, 0.5) is 0 Å². The Morgan fingerprint density at radius 3 is 2.59 bits per heavy atom. The van der Waals surface area contributed by atoms with Gasteiger partial charge in [-0.15, -0.1) is 0 Å². The highest BCUT2D eigenvalue weighted by Gasteiger charge is 2.10. The maximum Gasteiger partial charge on any atom is 0.168 e. The minimum atomic E-state index is 0.693. The first-order valence-electron chi connectivity index (χ1n) is 5.73. The van der Waals surface area contributed by atoms with Gasteiger partial charge in [-0.3, -0.25) is 4.79 Å². The maximum absolute atomic E-state index is 11.0. The summed E-state index contributed by atoms with van der Waals surface area (Å²) in [5.41, 5.74) is 2.86. The van der Waals surface area contributed by atoms with Crippen LogP contribution < -0.4 is 0 Å². The monoisotopic (exact) mass is 228 g/mol. The van der Waals surface area contributed by atoms with Gasteiger partial charge in [0, 0.05) is 7.05 Å². The highest BCUT2D eigenvalue weighted by Crippen LogP contribution is 2.11. The fourth-order valence-electron chi connectivity index (χ4n) is 1.93. The summed E-state index contributed by atoms with van der Waals surface area (Å²) in [6.07, 6.45) is 2.61. The van der Waals surface area contributed by atoms with Crippen molar-refractivity contribution in [3.63, 3.8) is 0 Å². The topological polar surface area (TPSA) is 34.9 Å². The van der Waals surface area contributed by atoms with Gasteiger partial charge in [0.05, 0.1) is 5.69 Å². The van der Waals surface area contributed by atoms with E-state index in [-0.39, 0.29) is 0 Å². The number of rotatable bonds is 4. The van der Waals surface area contributed by atoms with Crippen LogP contribution in [0.15, 0.2) is 30.3 Å². The molecular weight excluding hydrogens is 212 g/mol. The van der Waals surface area contributed by atoms with Crippen molar-refractivity contribution < 1.29 is 4.79 Å². The minimum Gasteiger partial charge on any atom is -0.329 e. The van der Waals surface area contributed by atoms with Crippen molar-refractivity contribution in [3.05, 3.63) is 53.1 Å². The molecule has 0 saturated heterocycles. The molecule has 1 aromatic carbocycles. The first-order chi connectivity index (χ1) is 8.22. The number of carbonyl (C=O) groups is 1. The van der Waals surface area contributed by atoms with E-state index in [1.165, 1.54) is 5.56 Å². The Hall–Kier alpha value is -1.90. The lowest BCUT2D eigenvalue weighted by molar-refractivity contribution is 0.111. The van der Waals surface area contributed by atoms with E-state index in [2.05, 4.69) is 17.1 Å². The van der Waals surface area contributed by atoms with Crippen LogP contribution in [-0.2, 0) is 19.9 Å². The van der Waals surface area contributed by atoms with Crippen LogP contribution >= 0.6 is 0 Å². The molecule has 0 amide bonds. The van der Waals surface area contributed by atoms with Crippen LogP contribution in [0.3, 0.4) is 0 Å². The zero-order chi connectivity index (χ0) is 12.3. The molecule has 17 heavy (non-hydrogen) atoms. The number of aldehydes is 1. The Labute approximate surface area is 101 Å². The van der Waals surface area contributed by atoms with E-state index in [1.807, 2.05) is 36.7 Å². The minimum absolute atomic E-state index is 0.693. The van der Waals surface area contributed by atoms with Crippen molar-refractivity contribution in [1.82, 2.24) is 9.55 Å². The lowest BCUT2D eigenvalue weighted by atomic mass is 10.1. The molecule has 0 aliphatic carbocycles. The molecular formula is C14H16N2O. The highest BCUT2D eigenvalue weighted by atomic mass is 16.1. The molecule has 0 N–H and O–H groups in total. The summed E-state index contributed by atoms with van der Waals surface area (Å²) in [5.74, 6) is 0.884. The second kappa shape index (κ2) is 4.95. The van der Waals surface area contributed by atoms with Gasteiger partial charge in [0.1, 0.15) is 11.5 Å². The number of hydrogen-bond donors (Lipinski definition) is 0. The molecule has 0 saturated carbocycles. The lowest BCUT2D eigenvalue weighted by Crippen LogP contribution is -2.00. The van der Waals surface area contributed by atoms with Crippen LogP contribution in [0.5, 0.6) is 0 Å². The Balaban J connectivity index is 2.14. The number of aromatic nitrogens is 2. The Morgan fingerprint density at radius 2 is 1.94 bits per heavy atom. The zero-order valence-corrected chi connectivity index (χ0v) is 10.2. The van der Waals surface area contributed by atoms with Crippen molar-refractivity contribution in [2.45, 2.75) is 19.8 Å². The number of carbonyl (C=O) groups excluding carboxylic acids is 1. The molecule has 0 spiro atoms. The molecule has 2 aromatic rings. The number of benzene rings is 1. The number of aryl methyl sites for hydroxylation is 3. The molecule has 2 rings (SSSR count). The predicted octanol–water partition coefficient (Wildman–Crippen LogP) is 2.33. The van der Waals surface area contributed by atoms with E-state index in [1.54, 1.807) is 0 Å². The quantitative estimate of drug-likeness (QED) is 0.753. The van der Waals surface area contributed by atoms with Gasteiger partial charge in [0.25, 0.3) is 0 Å². The van der Waals surface area contributed by atoms with Gasteiger partial charge in [-0.25, -0.2) is 4.98 Å². The SMILES string of the molecule is Cc1nc(CCc2ccccc2)c(C=O)n1C. The summed E-state index contributed by atoms with van der Waals surface area (Å²) in [4.78, 5) is 15.4. The molecule has 0 atom stereocenters. The summed E-state index contributed by atoms with van der Waals surface area (Å²) in [6, 6.07) is 10.2. The molecule has 1 heterocycles. The molecule has 0 unspecified atom stereocenters. The lowest BCUT2D eigenvalue weighted by Gasteiger charge is -2.00. The Bertz CT molecular complexity index is 515. The average molecular weight is 228 g/mol. The second-order valence-corrected chi connectivity index (χ2v) is 4.15. The number of nitrogens with zero attached hydrogens (tertiary/aromatic N) is 2. The first kappa shape index (κ1) is 11.6. The van der Waals surface area contributed by atoms with Gasteiger partial charge < -0.3 is 4.57 Å². The summed E-state index contributed by atoms with van der Waals surface area (Å²) in [6.45, 7) is 1.92. The molecule has 0 aliphatic rings. The fraction of sp³-hybridized carbons (Fsp3) is 0.286. The van der Waals surface area contributed by atoms with Gasteiger partial charge in [-0.1, -0.05) is 30.3 Å². The third kappa shape index (κ3) is 2.44. The van der Waals surface area contributed by atoms with Crippen molar-refractivity contribution in [1.29, 1.82) is 0 Å². The van der Waals surface area contributed by atoms with E-state index in [0.717, 1.165) is 30.6 Å². The summed E-state index contributed by atoms with van der Waals surface area (Å²) >= 11 is 0. The molecule has 3 heteroatoms. The van der Waals surface area contributed by atoms with Gasteiger partial charge in [-0.05, 0) is 25.3 Å². The number of hydrogen-bond acceptors (Lipinski definition) is 2. The number of imidazole rings is 1. The standard InChI is InChI=1S/C14H16N2O/c1-11-15-13(14(10-17)16(11)2)9-8-12-6-4-3-5-7-12/h3-7,10H,8-9H2,1-2H3. The molecule has 88 valence electrons.